The van der Waals surface area contributed by atoms with Crippen molar-refractivity contribution in [3.63, 3.8) is 0 Å². The summed E-state index contributed by atoms with van der Waals surface area (Å²) < 4.78 is 7.28. The van der Waals surface area contributed by atoms with E-state index >= 15 is 0 Å². The molecule has 8 heteroatoms. The summed E-state index contributed by atoms with van der Waals surface area (Å²) in [7, 11) is 0. The third-order valence-electron chi connectivity index (χ3n) is 5.44. The first-order valence-electron chi connectivity index (χ1n) is 9.75. The predicted octanol–water partition coefficient (Wildman–Crippen LogP) is 0.532. The molecule has 28 heavy (non-hydrogen) atoms. The fourth-order valence-corrected chi connectivity index (χ4v) is 3.80. The molecule has 2 fully saturated rings. The number of carbonyl (C=O) groups excluding carboxylic acids is 1. The average Bonchev–Trinajstić information content (AvgIpc) is 2.73. The Labute approximate surface area is 163 Å². The van der Waals surface area contributed by atoms with Crippen LogP contribution >= 0.6 is 0 Å². The molecule has 0 saturated carbocycles. The number of nitrogens with one attached hydrogen (secondary N) is 1. The first-order valence-corrected chi connectivity index (χ1v) is 9.75. The van der Waals surface area contributed by atoms with Crippen molar-refractivity contribution in [2.24, 2.45) is 5.92 Å². The predicted molar refractivity (Wildman–Crippen MR) is 104 cm³/mol. The van der Waals surface area contributed by atoms with E-state index in [0.29, 0.717) is 24.7 Å². The third kappa shape index (κ3) is 4.63. The largest absolute Gasteiger partial charge is 0.365 e. The minimum absolute atomic E-state index is 0.0253. The molecule has 1 unspecified atom stereocenters. The summed E-state index contributed by atoms with van der Waals surface area (Å²) in [5.41, 5.74) is 1.48. The van der Waals surface area contributed by atoms with E-state index in [0.717, 1.165) is 38.0 Å². The first kappa shape index (κ1) is 18.8. The summed E-state index contributed by atoms with van der Waals surface area (Å²) in [6, 6.07) is 5.32. The Morgan fingerprint density at radius 3 is 2.75 bits per heavy atom. The van der Waals surface area contributed by atoms with Crippen LogP contribution in [0.4, 0.5) is 0 Å². The van der Waals surface area contributed by atoms with Crippen LogP contribution in [-0.4, -0.2) is 64.2 Å². The second-order valence-corrected chi connectivity index (χ2v) is 7.49. The molecule has 8 nitrogen and oxygen atoms in total. The van der Waals surface area contributed by atoms with Crippen molar-refractivity contribution in [3.05, 3.63) is 47.3 Å². The van der Waals surface area contributed by atoms with Crippen LogP contribution in [-0.2, 0) is 16.1 Å². The van der Waals surface area contributed by atoms with Gasteiger partial charge >= 0.3 is 0 Å². The Bertz CT molecular complexity index is 852. The van der Waals surface area contributed by atoms with Gasteiger partial charge in [0.1, 0.15) is 6.61 Å². The van der Waals surface area contributed by atoms with Gasteiger partial charge in [-0.25, -0.2) is 4.98 Å². The van der Waals surface area contributed by atoms with Gasteiger partial charge in [0.05, 0.1) is 18.1 Å². The summed E-state index contributed by atoms with van der Waals surface area (Å²) in [5, 5.41) is 2.85. The van der Waals surface area contributed by atoms with Crippen molar-refractivity contribution >= 4 is 5.91 Å². The minimum Gasteiger partial charge on any atom is -0.365 e. The average molecular weight is 383 g/mol. The van der Waals surface area contributed by atoms with Crippen molar-refractivity contribution in [3.8, 4) is 11.3 Å². The van der Waals surface area contributed by atoms with E-state index in [1.54, 1.807) is 29.4 Å². The standard InChI is InChI=1S/C20H25N5O3/c26-19-13-28-17(10-22-19)12-24-6-3-15(4-7-24)11-25-14-23-18(8-20(25)27)16-2-1-5-21-9-16/h1-2,5,8-9,14-15,17H,3-4,6-7,10-13H2,(H,22,26). The summed E-state index contributed by atoms with van der Waals surface area (Å²) in [6.07, 6.45) is 7.21. The second kappa shape index (κ2) is 8.62. The van der Waals surface area contributed by atoms with Crippen LogP contribution in [0.5, 0.6) is 0 Å². The molecule has 0 aliphatic carbocycles. The quantitative estimate of drug-likeness (QED) is 0.810. The summed E-state index contributed by atoms with van der Waals surface area (Å²) in [4.78, 5) is 34.5. The minimum atomic E-state index is -0.0384. The van der Waals surface area contributed by atoms with Gasteiger partial charge in [-0.3, -0.25) is 19.1 Å². The first-order chi connectivity index (χ1) is 13.7. The van der Waals surface area contributed by atoms with Gasteiger partial charge in [-0.1, -0.05) is 0 Å². The fraction of sp³-hybridized carbons (Fsp3) is 0.500. The van der Waals surface area contributed by atoms with Gasteiger partial charge in [-0.2, -0.15) is 0 Å². The summed E-state index contributed by atoms with van der Waals surface area (Å²) in [6.45, 7) is 4.25. The molecule has 2 aromatic rings. The maximum Gasteiger partial charge on any atom is 0.253 e. The molecule has 2 aliphatic rings. The van der Waals surface area contributed by atoms with E-state index in [1.165, 1.54) is 0 Å². The van der Waals surface area contributed by atoms with E-state index in [4.69, 9.17) is 4.74 Å². The summed E-state index contributed by atoms with van der Waals surface area (Å²) >= 11 is 0. The fourth-order valence-electron chi connectivity index (χ4n) is 3.80. The van der Waals surface area contributed by atoms with Gasteiger partial charge in [0.2, 0.25) is 5.91 Å². The Kier molecular flexibility index (Phi) is 5.78. The third-order valence-corrected chi connectivity index (χ3v) is 5.44. The number of likely N-dealkylation sites (tertiary alicyclic amines) is 1. The van der Waals surface area contributed by atoms with Crippen molar-refractivity contribution in [1.82, 2.24) is 24.8 Å². The molecule has 4 rings (SSSR count). The summed E-state index contributed by atoms with van der Waals surface area (Å²) in [5.74, 6) is 0.426. The lowest BCUT2D eigenvalue weighted by molar-refractivity contribution is -0.134. The number of piperidine rings is 1. The molecule has 1 amide bonds. The molecule has 0 radical (unpaired) electrons. The maximum atomic E-state index is 12.5. The Balaban J connectivity index is 1.29. The number of hydrogen-bond donors (Lipinski definition) is 1. The van der Waals surface area contributed by atoms with Crippen molar-refractivity contribution in [2.75, 3.05) is 32.8 Å². The lowest BCUT2D eigenvalue weighted by Gasteiger charge is -2.35. The molecule has 1 atom stereocenters. The van der Waals surface area contributed by atoms with E-state index < -0.39 is 0 Å². The molecule has 4 heterocycles. The molecule has 0 bridgehead atoms. The zero-order valence-corrected chi connectivity index (χ0v) is 15.8. The van der Waals surface area contributed by atoms with Crippen molar-refractivity contribution in [1.29, 1.82) is 0 Å². The van der Waals surface area contributed by atoms with E-state index in [9.17, 15) is 9.59 Å². The van der Waals surface area contributed by atoms with Crippen LogP contribution in [0.2, 0.25) is 0 Å². The molecular formula is C20H25N5O3. The number of nitrogens with zero attached hydrogens (tertiary/aromatic N) is 4. The van der Waals surface area contributed by atoms with Gasteiger partial charge in [0.25, 0.3) is 5.56 Å². The van der Waals surface area contributed by atoms with Gasteiger partial charge < -0.3 is 15.0 Å². The molecule has 148 valence electrons. The van der Waals surface area contributed by atoms with E-state index in [2.05, 4.69) is 20.2 Å². The number of ether oxygens (including phenoxy) is 1. The van der Waals surface area contributed by atoms with Crippen LogP contribution in [0.3, 0.4) is 0 Å². The number of amides is 1. The molecule has 0 aromatic carbocycles. The number of morpholine rings is 1. The van der Waals surface area contributed by atoms with E-state index in [1.807, 2.05) is 12.1 Å². The van der Waals surface area contributed by atoms with Crippen LogP contribution in [0.15, 0.2) is 41.7 Å². The van der Waals surface area contributed by atoms with Gasteiger partial charge in [-0.05, 0) is 44.0 Å². The highest BCUT2D eigenvalue weighted by atomic mass is 16.5. The normalized spacial score (nSPS) is 21.4. The van der Waals surface area contributed by atoms with Crippen LogP contribution in [0, 0.1) is 5.92 Å². The smallest absolute Gasteiger partial charge is 0.253 e. The highest BCUT2D eigenvalue weighted by molar-refractivity contribution is 5.77. The lowest BCUT2D eigenvalue weighted by Crippen LogP contribution is -2.49. The molecular weight excluding hydrogens is 358 g/mol. The maximum absolute atomic E-state index is 12.5. The highest BCUT2D eigenvalue weighted by Crippen LogP contribution is 2.20. The van der Waals surface area contributed by atoms with Crippen molar-refractivity contribution in [2.45, 2.75) is 25.5 Å². The molecule has 0 spiro atoms. The second-order valence-electron chi connectivity index (χ2n) is 7.49. The Morgan fingerprint density at radius 1 is 1.21 bits per heavy atom. The SMILES string of the molecule is O=C1COC(CN2CCC(Cn3cnc(-c4cccnc4)cc3=O)CC2)CN1. The number of hydrogen-bond acceptors (Lipinski definition) is 6. The number of carbonyl (C=O) groups is 1. The number of rotatable bonds is 5. The highest BCUT2D eigenvalue weighted by Gasteiger charge is 2.25. The number of pyridine rings is 1. The van der Waals surface area contributed by atoms with Crippen molar-refractivity contribution < 1.29 is 9.53 Å². The molecule has 1 N–H and O–H groups in total. The zero-order chi connectivity index (χ0) is 19.3. The lowest BCUT2D eigenvalue weighted by atomic mass is 9.96. The van der Waals surface area contributed by atoms with Gasteiger partial charge in [0.15, 0.2) is 0 Å². The Morgan fingerprint density at radius 2 is 2.07 bits per heavy atom. The topological polar surface area (TPSA) is 89.3 Å². The number of aromatic nitrogens is 3. The van der Waals surface area contributed by atoms with E-state index in [-0.39, 0.29) is 24.2 Å². The van der Waals surface area contributed by atoms with Crippen LogP contribution in [0.1, 0.15) is 12.8 Å². The van der Waals surface area contributed by atoms with Crippen LogP contribution in [0.25, 0.3) is 11.3 Å². The van der Waals surface area contributed by atoms with Gasteiger partial charge in [0, 0.05) is 43.7 Å². The molecule has 2 aliphatic heterocycles. The monoisotopic (exact) mass is 383 g/mol. The molecule has 2 saturated heterocycles. The van der Waals surface area contributed by atoms with Gasteiger partial charge in [-0.15, -0.1) is 0 Å². The molecule has 2 aromatic heterocycles. The Hall–Kier alpha value is -2.58. The zero-order valence-electron chi connectivity index (χ0n) is 15.8. The van der Waals surface area contributed by atoms with Crippen LogP contribution < -0.4 is 10.9 Å².